The number of fused-ring (bicyclic) bond motifs is 2. The quantitative estimate of drug-likeness (QED) is 0.621. The lowest BCUT2D eigenvalue weighted by atomic mass is 10.2. The van der Waals surface area contributed by atoms with E-state index in [-0.39, 0.29) is 6.04 Å². The third-order valence-corrected chi connectivity index (χ3v) is 4.44. The molecule has 5 heteroatoms. The van der Waals surface area contributed by atoms with Crippen LogP contribution in [0.1, 0.15) is 13.3 Å². The number of rotatable bonds is 2. The smallest absolute Gasteiger partial charge is 0.211 e. The van der Waals surface area contributed by atoms with Gasteiger partial charge >= 0.3 is 0 Å². The van der Waals surface area contributed by atoms with Gasteiger partial charge in [0.15, 0.2) is 0 Å². The van der Waals surface area contributed by atoms with Gasteiger partial charge in [-0.1, -0.05) is 6.92 Å². The van der Waals surface area contributed by atoms with Gasteiger partial charge in [0.25, 0.3) is 0 Å². The van der Waals surface area contributed by atoms with E-state index in [1.54, 1.807) is 4.31 Å². The fourth-order valence-corrected chi connectivity index (χ4v) is 3.64. The van der Waals surface area contributed by atoms with Crippen LogP contribution in [-0.4, -0.2) is 55.6 Å². The van der Waals surface area contributed by atoms with Crippen molar-refractivity contribution in [3.63, 3.8) is 0 Å². The summed E-state index contributed by atoms with van der Waals surface area (Å²) in [5, 5.41) is 0. The van der Waals surface area contributed by atoms with Crippen molar-refractivity contribution in [2.24, 2.45) is 0 Å². The highest BCUT2D eigenvalue weighted by Gasteiger charge is 2.45. The predicted octanol–water partition coefficient (Wildman–Crippen LogP) is -0.276. The van der Waals surface area contributed by atoms with Gasteiger partial charge in [-0.25, -0.2) is 8.42 Å². The van der Waals surface area contributed by atoms with Crippen LogP contribution in [0.4, 0.5) is 0 Å². The van der Waals surface area contributed by atoms with Gasteiger partial charge in [-0.05, 0) is 13.0 Å². The highest BCUT2D eigenvalue weighted by molar-refractivity contribution is 7.88. The first-order valence-electron chi connectivity index (χ1n) is 4.73. The van der Waals surface area contributed by atoms with Crippen molar-refractivity contribution in [2.75, 3.05) is 25.9 Å². The van der Waals surface area contributed by atoms with E-state index in [0.717, 1.165) is 19.5 Å². The Balaban J connectivity index is 2.12. The van der Waals surface area contributed by atoms with Crippen LogP contribution in [0.2, 0.25) is 0 Å². The molecule has 76 valence electrons. The molecule has 0 radical (unpaired) electrons. The number of nitrogens with zero attached hydrogens (tertiary/aromatic N) is 2. The summed E-state index contributed by atoms with van der Waals surface area (Å²) in [4.78, 5) is 2.37. The molecule has 4 nitrogen and oxygen atoms in total. The normalized spacial score (nSPS) is 35.8. The van der Waals surface area contributed by atoms with E-state index in [1.807, 2.05) is 0 Å². The molecule has 2 unspecified atom stereocenters. The van der Waals surface area contributed by atoms with Gasteiger partial charge in [0.1, 0.15) is 0 Å². The highest BCUT2D eigenvalue weighted by atomic mass is 32.2. The van der Waals surface area contributed by atoms with Gasteiger partial charge in [-0.2, -0.15) is 4.31 Å². The Morgan fingerprint density at radius 3 is 2.38 bits per heavy atom. The number of sulfonamides is 1. The van der Waals surface area contributed by atoms with Crippen LogP contribution in [0.5, 0.6) is 0 Å². The van der Waals surface area contributed by atoms with Crippen molar-refractivity contribution in [1.82, 2.24) is 9.21 Å². The first kappa shape index (κ1) is 9.43. The van der Waals surface area contributed by atoms with Crippen molar-refractivity contribution in [2.45, 2.75) is 25.4 Å². The van der Waals surface area contributed by atoms with Crippen LogP contribution in [0.15, 0.2) is 0 Å². The lowest BCUT2D eigenvalue weighted by Gasteiger charge is -2.31. The van der Waals surface area contributed by atoms with Crippen molar-refractivity contribution in [3.8, 4) is 0 Å². The van der Waals surface area contributed by atoms with Crippen LogP contribution in [0.3, 0.4) is 0 Å². The van der Waals surface area contributed by atoms with E-state index in [9.17, 15) is 8.42 Å². The third-order valence-electron chi connectivity index (χ3n) is 3.14. The van der Waals surface area contributed by atoms with E-state index in [2.05, 4.69) is 11.8 Å². The molecule has 2 aliphatic heterocycles. The number of likely N-dealkylation sites (tertiary alicyclic amines) is 1. The highest BCUT2D eigenvalue weighted by Crippen LogP contribution is 2.31. The molecule has 2 rings (SSSR count). The molecule has 0 aromatic rings. The summed E-state index contributed by atoms with van der Waals surface area (Å²) in [6.07, 6.45) is 2.34. The second-order valence-corrected chi connectivity index (χ2v) is 5.90. The van der Waals surface area contributed by atoms with Gasteiger partial charge in [0.2, 0.25) is 10.0 Å². The van der Waals surface area contributed by atoms with Crippen LogP contribution in [0.25, 0.3) is 0 Å². The molecule has 13 heavy (non-hydrogen) atoms. The topological polar surface area (TPSA) is 40.6 Å². The summed E-state index contributed by atoms with van der Waals surface area (Å²) in [5.41, 5.74) is 0. The fraction of sp³-hybridized carbons (Fsp3) is 1.00. The number of likely N-dealkylation sites (N-methyl/N-ethyl adjacent to an activating group) is 1. The zero-order valence-electron chi connectivity index (χ0n) is 8.10. The lowest BCUT2D eigenvalue weighted by molar-refractivity contribution is 0.190. The monoisotopic (exact) mass is 204 g/mol. The molecular formula is C8H16N2O2S. The van der Waals surface area contributed by atoms with Crippen molar-refractivity contribution < 1.29 is 8.42 Å². The number of hydrogen-bond acceptors (Lipinski definition) is 3. The molecule has 2 aliphatic rings. The molecule has 0 spiro atoms. The maximum atomic E-state index is 11.3. The Kier molecular flexibility index (Phi) is 2.13. The molecule has 2 heterocycles. The van der Waals surface area contributed by atoms with E-state index >= 15 is 0 Å². The largest absolute Gasteiger partial charge is 0.298 e. The standard InChI is InChI=1S/C8H16N2O2S/c1-3-9-5-8-4-7(9)6-10(8)13(2,11)12/h7-8H,3-6H2,1-2H3. The Morgan fingerprint density at radius 1 is 1.31 bits per heavy atom. The molecule has 2 bridgehead atoms. The molecule has 0 aromatic carbocycles. The summed E-state index contributed by atoms with van der Waals surface area (Å²) in [7, 11) is -2.96. The maximum absolute atomic E-state index is 11.3. The first-order valence-corrected chi connectivity index (χ1v) is 6.58. The predicted molar refractivity (Wildman–Crippen MR) is 51.0 cm³/mol. The van der Waals surface area contributed by atoms with E-state index < -0.39 is 10.0 Å². The van der Waals surface area contributed by atoms with Gasteiger partial charge in [-0.3, -0.25) is 4.90 Å². The Bertz CT molecular complexity index is 301. The lowest BCUT2D eigenvalue weighted by Crippen LogP contribution is -2.48. The molecule has 0 saturated carbocycles. The third kappa shape index (κ3) is 1.49. The molecule has 0 aromatic heterocycles. The molecule has 2 saturated heterocycles. The van der Waals surface area contributed by atoms with Crippen molar-refractivity contribution in [3.05, 3.63) is 0 Å². The first-order chi connectivity index (χ1) is 6.02. The summed E-state index contributed by atoms with van der Waals surface area (Å²) >= 11 is 0. The molecule has 0 N–H and O–H groups in total. The minimum atomic E-state index is -2.96. The molecular weight excluding hydrogens is 188 g/mol. The van der Waals surface area contributed by atoms with E-state index in [0.29, 0.717) is 12.6 Å². The van der Waals surface area contributed by atoms with Crippen molar-refractivity contribution >= 4 is 10.0 Å². The minimum Gasteiger partial charge on any atom is -0.298 e. The van der Waals surface area contributed by atoms with Gasteiger partial charge < -0.3 is 0 Å². The Morgan fingerprint density at radius 2 is 2.00 bits per heavy atom. The fourth-order valence-electron chi connectivity index (χ4n) is 2.51. The molecule has 2 atom stereocenters. The molecule has 0 amide bonds. The number of hydrogen-bond donors (Lipinski definition) is 0. The number of piperazine rings is 1. The van der Waals surface area contributed by atoms with Crippen LogP contribution >= 0.6 is 0 Å². The maximum Gasteiger partial charge on any atom is 0.211 e. The van der Waals surface area contributed by atoms with Crippen LogP contribution < -0.4 is 0 Å². The zero-order valence-corrected chi connectivity index (χ0v) is 8.92. The van der Waals surface area contributed by atoms with E-state index in [1.165, 1.54) is 6.26 Å². The molecule has 0 aliphatic carbocycles. The molecule has 2 fully saturated rings. The van der Waals surface area contributed by atoms with E-state index in [4.69, 9.17) is 0 Å². The average Bonchev–Trinajstić information content (AvgIpc) is 2.59. The second-order valence-electron chi connectivity index (χ2n) is 3.96. The van der Waals surface area contributed by atoms with Crippen molar-refractivity contribution in [1.29, 1.82) is 0 Å². The van der Waals surface area contributed by atoms with Gasteiger partial charge in [0.05, 0.1) is 6.26 Å². The average molecular weight is 204 g/mol. The second kappa shape index (κ2) is 2.93. The summed E-state index contributed by atoms with van der Waals surface area (Å²) in [6.45, 7) is 4.80. The van der Waals surface area contributed by atoms with Gasteiger partial charge in [0, 0.05) is 25.2 Å². The van der Waals surface area contributed by atoms with Crippen LogP contribution in [0, 0.1) is 0 Å². The Labute approximate surface area is 79.6 Å². The minimum absolute atomic E-state index is 0.250. The zero-order chi connectivity index (χ0) is 9.64. The summed E-state index contributed by atoms with van der Waals surface area (Å²) < 4.78 is 24.3. The summed E-state index contributed by atoms with van der Waals surface area (Å²) in [6, 6.07) is 0.727. The van der Waals surface area contributed by atoms with Crippen LogP contribution in [-0.2, 0) is 10.0 Å². The van der Waals surface area contributed by atoms with Gasteiger partial charge in [-0.15, -0.1) is 0 Å². The summed E-state index contributed by atoms with van der Waals surface area (Å²) in [5.74, 6) is 0. The Hall–Kier alpha value is -0.130. The SMILES string of the molecule is CCN1CC2CC1CN2S(C)(=O)=O.